The summed E-state index contributed by atoms with van der Waals surface area (Å²) < 4.78 is 0. The molecule has 5 nitrogen and oxygen atoms in total. The van der Waals surface area contributed by atoms with Gasteiger partial charge in [-0.2, -0.15) is 0 Å². The first kappa shape index (κ1) is 12.9. The smallest absolute Gasteiger partial charge is 0.181 e. The number of fused-ring (bicyclic) bond motifs is 1. The molecule has 6 heteroatoms. The molecule has 1 aliphatic heterocycles. The molecule has 102 valence electrons. The van der Waals surface area contributed by atoms with Crippen molar-refractivity contribution in [3.05, 3.63) is 29.5 Å². The first-order chi connectivity index (χ1) is 9.69. The van der Waals surface area contributed by atoms with Crippen molar-refractivity contribution in [1.82, 2.24) is 10.4 Å². The number of nitrogen functional groups attached to an aromatic ring is 1. The Labute approximate surface area is 120 Å². The number of aliphatic hydroxyl groups is 1. The van der Waals surface area contributed by atoms with Gasteiger partial charge in [0.1, 0.15) is 12.3 Å². The lowest BCUT2D eigenvalue weighted by atomic mass is 10.0. The molecule has 5 N–H and O–H groups in total. The Kier molecular flexibility index (Phi) is 3.32. The van der Waals surface area contributed by atoms with Crippen molar-refractivity contribution < 1.29 is 5.11 Å². The first-order valence-electron chi connectivity index (χ1n) is 6.21. The quantitative estimate of drug-likeness (QED) is 0.600. The van der Waals surface area contributed by atoms with Gasteiger partial charge in [0.15, 0.2) is 5.13 Å². The molecule has 20 heavy (non-hydrogen) atoms. The highest BCUT2D eigenvalue weighted by Crippen LogP contribution is 2.36. The number of anilines is 2. The lowest BCUT2D eigenvalue weighted by molar-refractivity contribution is 0.350. The minimum atomic E-state index is -0.189. The highest BCUT2D eigenvalue weighted by molar-refractivity contribution is 7.19. The zero-order valence-electron chi connectivity index (χ0n) is 10.9. The molecule has 0 saturated heterocycles. The van der Waals surface area contributed by atoms with Crippen molar-refractivity contribution in [3.63, 3.8) is 0 Å². The van der Waals surface area contributed by atoms with Crippen LogP contribution in [0.2, 0.25) is 0 Å². The summed E-state index contributed by atoms with van der Waals surface area (Å²) in [6.07, 6.45) is 0. The molecule has 1 unspecified atom stereocenters. The monoisotopic (exact) mass is 286 g/mol. The molecule has 0 spiro atoms. The average Bonchev–Trinajstić information content (AvgIpc) is 3.00. The first-order valence-corrected chi connectivity index (χ1v) is 7.02. The van der Waals surface area contributed by atoms with E-state index in [0.29, 0.717) is 10.8 Å². The van der Waals surface area contributed by atoms with Crippen LogP contribution in [-0.2, 0) is 0 Å². The van der Waals surface area contributed by atoms with Gasteiger partial charge in [0, 0.05) is 0 Å². The fourth-order valence-electron chi connectivity index (χ4n) is 2.18. The molecular weight excluding hydrogens is 272 g/mol. The zero-order chi connectivity index (χ0) is 14.1. The maximum Gasteiger partial charge on any atom is 0.181 e. The highest BCUT2D eigenvalue weighted by atomic mass is 32.1. The Morgan fingerprint density at radius 2 is 2.35 bits per heavy atom. The second kappa shape index (κ2) is 5.13. The van der Waals surface area contributed by atoms with Crippen molar-refractivity contribution in [1.29, 1.82) is 0 Å². The summed E-state index contributed by atoms with van der Waals surface area (Å²) in [6, 6.07) is 6.41. The van der Waals surface area contributed by atoms with Crippen LogP contribution in [0.3, 0.4) is 0 Å². The summed E-state index contributed by atoms with van der Waals surface area (Å²) in [6.45, 7) is 1.90. The molecule has 0 amide bonds. The Morgan fingerprint density at radius 1 is 1.50 bits per heavy atom. The number of nitrogens with zero attached hydrogens (tertiary/aromatic N) is 1. The number of nitrogens with two attached hydrogens (primary N) is 1. The van der Waals surface area contributed by atoms with Gasteiger partial charge in [0.2, 0.25) is 0 Å². The molecule has 0 bridgehead atoms. The number of aromatic nitrogens is 1. The van der Waals surface area contributed by atoms with Gasteiger partial charge in [-0.1, -0.05) is 23.3 Å². The van der Waals surface area contributed by atoms with Crippen LogP contribution in [0.1, 0.15) is 24.2 Å². The molecule has 1 aromatic heterocycles. The van der Waals surface area contributed by atoms with E-state index in [0.717, 1.165) is 16.1 Å². The van der Waals surface area contributed by atoms with Crippen LogP contribution in [0, 0.1) is 11.8 Å². The second-order valence-corrected chi connectivity index (χ2v) is 5.51. The molecule has 3 rings (SSSR count). The fraction of sp³-hybridized carbons (Fsp3) is 0.214. The molecule has 0 radical (unpaired) electrons. The molecule has 0 fully saturated rings. The van der Waals surface area contributed by atoms with Gasteiger partial charge in [0.05, 0.1) is 16.6 Å². The van der Waals surface area contributed by atoms with Crippen LogP contribution in [0.4, 0.5) is 10.8 Å². The minimum Gasteiger partial charge on any atom is -0.384 e. The van der Waals surface area contributed by atoms with Crippen molar-refractivity contribution >= 4 is 22.2 Å². The van der Waals surface area contributed by atoms with E-state index in [1.165, 1.54) is 16.9 Å². The predicted molar refractivity (Wildman–Crippen MR) is 81.1 cm³/mol. The van der Waals surface area contributed by atoms with Crippen LogP contribution in [-0.4, -0.2) is 16.7 Å². The van der Waals surface area contributed by atoms with E-state index in [2.05, 4.69) is 40.7 Å². The molecule has 2 aromatic rings. The van der Waals surface area contributed by atoms with Gasteiger partial charge in [0.25, 0.3) is 0 Å². The van der Waals surface area contributed by atoms with Crippen molar-refractivity contribution in [2.24, 2.45) is 0 Å². The number of nitrogens with one attached hydrogen (secondary N) is 2. The minimum absolute atomic E-state index is 0.189. The largest absolute Gasteiger partial charge is 0.384 e. The molecule has 2 heterocycles. The van der Waals surface area contributed by atoms with Gasteiger partial charge in [-0.3, -0.25) is 0 Å². The van der Waals surface area contributed by atoms with E-state index >= 15 is 0 Å². The van der Waals surface area contributed by atoms with Gasteiger partial charge in [-0.05, 0) is 36.1 Å². The van der Waals surface area contributed by atoms with Crippen LogP contribution >= 0.6 is 11.3 Å². The average molecular weight is 286 g/mol. The number of thiazole rings is 1. The summed E-state index contributed by atoms with van der Waals surface area (Å²) in [5.74, 6) is 5.47. The molecule has 0 aliphatic carbocycles. The number of aliphatic hydroxyl groups excluding tert-OH is 1. The van der Waals surface area contributed by atoms with Gasteiger partial charge in [-0.25, -0.2) is 10.4 Å². The molecule has 1 aromatic carbocycles. The molecule has 1 atom stereocenters. The van der Waals surface area contributed by atoms with E-state index in [4.69, 9.17) is 10.8 Å². The number of hydrazine groups is 1. The topological polar surface area (TPSA) is 83.2 Å². The highest BCUT2D eigenvalue weighted by Gasteiger charge is 2.19. The van der Waals surface area contributed by atoms with Crippen LogP contribution in [0.15, 0.2) is 18.2 Å². The fourth-order valence-corrected chi connectivity index (χ4v) is 2.96. The van der Waals surface area contributed by atoms with Crippen molar-refractivity contribution in [2.75, 3.05) is 17.8 Å². The zero-order valence-corrected chi connectivity index (χ0v) is 11.7. The lowest BCUT2D eigenvalue weighted by Gasteiger charge is -2.04. The number of benzene rings is 1. The van der Waals surface area contributed by atoms with Gasteiger partial charge in [-0.15, -0.1) is 0 Å². The number of hydrogen-bond donors (Lipinski definition) is 4. The number of hydrogen-bond acceptors (Lipinski definition) is 6. The summed E-state index contributed by atoms with van der Waals surface area (Å²) in [5.41, 5.74) is 16.0. The Balaban J connectivity index is 2.08. The van der Waals surface area contributed by atoms with Crippen LogP contribution < -0.4 is 16.6 Å². The third-order valence-electron chi connectivity index (χ3n) is 3.13. The summed E-state index contributed by atoms with van der Waals surface area (Å²) in [5, 5.41) is 9.29. The number of rotatable bonds is 1. The van der Waals surface area contributed by atoms with Crippen LogP contribution in [0.25, 0.3) is 10.4 Å². The third-order valence-corrected chi connectivity index (χ3v) is 4.07. The standard InChI is InChI=1S/C14H14N4OS/c1-8-10-7-9(4-5-11(10)18-17-8)13-12(3-2-6-19)16-14(15)20-13/h4-5,7-8,17-19H,6H2,1H3,(H2,15,16). The SMILES string of the molecule is CC1NNc2ccc(-c3sc(N)nc3C#CCO)cc21. The summed E-state index contributed by atoms with van der Waals surface area (Å²) >= 11 is 1.41. The predicted octanol–water partition coefficient (Wildman–Crippen LogP) is 1.73. The van der Waals surface area contributed by atoms with E-state index in [9.17, 15) is 0 Å². The second-order valence-electron chi connectivity index (χ2n) is 4.48. The molecular formula is C14H14N4OS. The lowest BCUT2D eigenvalue weighted by Crippen LogP contribution is -2.15. The van der Waals surface area contributed by atoms with Gasteiger partial charge >= 0.3 is 0 Å². The van der Waals surface area contributed by atoms with Crippen molar-refractivity contribution in [3.8, 4) is 22.3 Å². The van der Waals surface area contributed by atoms with E-state index in [-0.39, 0.29) is 12.6 Å². The van der Waals surface area contributed by atoms with Crippen LogP contribution in [0.5, 0.6) is 0 Å². The maximum atomic E-state index is 8.81. The van der Waals surface area contributed by atoms with E-state index < -0.39 is 0 Å². The Bertz CT molecular complexity index is 714. The van der Waals surface area contributed by atoms with E-state index in [1.807, 2.05) is 12.1 Å². The summed E-state index contributed by atoms with van der Waals surface area (Å²) in [7, 11) is 0. The van der Waals surface area contributed by atoms with E-state index in [1.54, 1.807) is 0 Å². The summed E-state index contributed by atoms with van der Waals surface area (Å²) in [4.78, 5) is 5.15. The Morgan fingerprint density at radius 3 is 3.15 bits per heavy atom. The Hall–Kier alpha value is -2.07. The maximum absolute atomic E-state index is 8.81. The molecule has 1 aliphatic rings. The van der Waals surface area contributed by atoms with Crippen molar-refractivity contribution in [2.45, 2.75) is 13.0 Å². The third kappa shape index (κ3) is 2.23. The normalized spacial score (nSPS) is 16.2. The molecule has 0 saturated carbocycles. The van der Waals surface area contributed by atoms with Gasteiger partial charge < -0.3 is 16.3 Å².